The molecule has 2 heterocycles. The molecule has 0 spiro atoms. The second-order valence-electron chi connectivity index (χ2n) is 7.25. The van der Waals surface area contributed by atoms with Crippen LogP contribution in [0.25, 0.3) is 10.9 Å². The highest BCUT2D eigenvalue weighted by atomic mass is 16.3. The number of piperidine rings is 1. The monoisotopic (exact) mass is 343 g/mol. The van der Waals surface area contributed by atoms with Gasteiger partial charge in [-0.1, -0.05) is 25.1 Å². The van der Waals surface area contributed by atoms with Gasteiger partial charge in [-0.15, -0.1) is 0 Å². The molecular weight excluding hydrogens is 314 g/mol. The molecular formula is C20H29N3O2. The van der Waals surface area contributed by atoms with Crippen molar-refractivity contribution >= 4 is 16.9 Å². The van der Waals surface area contributed by atoms with E-state index in [1.165, 1.54) is 16.6 Å². The fourth-order valence-electron chi connectivity index (χ4n) is 3.87. The Morgan fingerprint density at radius 1 is 1.32 bits per heavy atom. The van der Waals surface area contributed by atoms with Crippen molar-refractivity contribution in [1.82, 2.24) is 15.2 Å². The summed E-state index contributed by atoms with van der Waals surface area (Å²) in [4.78, 5) is 17.7. The minimum Gasteiger partial charge on any atom is -0.396 e. The number of rotatable bonds is 5. The lowest BCUT2D eigenvalue weighted by Crippen LogP contribution is -2.48. The number of aromatic nitrogens is 1. The predicted molar refractivity (Wildman–Crippen MR) is 101 cm³/mol. The largest absolute Gasteiger partial charge is 0.396 e. The molecule has 0 radical (unpaired) electrons. The lowest BCUT2D eigenvalue weighted by Gasteiger charge is -2.40. The molecule has 1 aromatic heterocycles. The van der Waals surface area contributed by atoms with E-state index in [1.807, 2.05) is 17.0 Å². The number of aliphatic hydroxyl groups is 1. The minimum absolute atomic E-state index is 0.0118. The van der Waals surface area contributed by atoms with Gasteiger partial charge in [0.15, 0.2) is 0 Å². The summed E-state index contributed by atoms with van der Waals surface area (Å²) in [7, 11) is 0. The fraction of sp³-hybridized carbons (Fsp3) is 0.550. The van der Waals surface area contributed by atoms with Crippen molar-refractivity contribution in [2.24, 2.45) is 5.41 Å². The number of likely N-dealkylation sites (tertiary alicyclic amines) is 1. The van der Waals surface area contributed by atoms with Gasteiger partial charge >= 0.3 is 6.03 Å². The molecule has 0 aliphatic carbocycles. The van der Waals surface area contributed by atoms with E-state index in [-0.39, 0.29) is 18.1 Å². The number of hydrogen-bond acceptors (Lipinski definition) is 2. The number of nitrogens with one attached hydrogen (secondary N) is 2. The Balaban J connectivity index is 1.52. The number of para-hydroxylation sites is 1. The number of hydrogen-bond donors (Lipinski definition) is 3. The zero-order valence-corrected chi connectivity index (χ0v) is 15.3. The van der Waals surface area contributed by atoms with Crippen LogP contribution in [0.3, 0.4) is 0 Å². The van der Waals surface area contributed by atoms with Gasteiger partial charge in [0.05, 0.1) is 0 Å². The van der Waals surface area contributed by atoms with Crippen molar-refractivity contribution in [3.63, 3.8) is 0 Å². The molecule has 5 heteroatoms. The second kappa shape index (κ2) is 7.48. The zero-order valence-electron chi connectivity index (χ0n) is 15.3. The molecule has 3 N–H and O–H groups in total. The maximum atomic E-state index is 12.4. The van der Waals surface area contributed by atoms with Gasteiger partial charge in [0.2, 0.25) is 0 Å². The molecule has 1 saturated heterocycles. The lowest BCUT2D eigenvalue weighted by molar-refractivity contribution is 0.0520. The van der Waals surface area contributed by atoms with Gasteiger partial charge in [0, 0.05) is 42.8 Å². The molecule has 2 amide bonds. The average Bonchev–Trinajstić information content (AvgIpc) is 2.97. The number of benzene rings is 1. The highest BCUT2D eigenvalue weighted by molar-refractivity contribution is 5.84. The first-order valence-corrected chi connectivity index (χ1v) is 9.28. The van der Waals surface area contributed by atoms with Crippen molar-refractivity contribution in [3.8, 4) is 0 Å². The van der Waals surface area contributed by atoms with E-state index in [4.69, 9.17) is 0 Å². The van der Waals surface area contributed by atoms with E-state index >= 15 is 0 Å². The van der Waals surface area contributed by atoms with Crippen LogP contribution in [0.1, 0.15) is 37.4 Å². The first-order valence-electron chi connectivity index (χ1n) is 9.28. The Labute approximate surface area is 149 Å². The number of H-pyrrole nitrogens is 1. The first-order chi connectivity index (χ1) is 12.1. The number of aliphatic hydroxyl groups excluding tert-OH is 1. The van der Waals surface area contributed by atoms with E-state index in [0.717, 1.165) is 44.3 Å². The van der Waals surface area contributed by atoms with Gasteiger partial charge in [-0.2, -0.15) is 0 Å². The summed E-state index contributed by atoms with van der Waals surface area (Å²) < 4.78 is 0. The number of amides is 2. The van der Waals surface area contributed by atoms with Crippen LogP contribution in [0.15, 0.2) is 24.3 Å². The molecule has 0 atom stereocenters. The van der Waals surface area contributed by atoms with Crippen LogP contribution in [0.4, 0.5) is 4.79 Å². The summed E-state index contributed by atoms with van der Waals surface area (Å²) >= 11 is 0. The second-order valence-corrected chi connectivity index (χ2v) is 7.25. The molecule has 0 saturated carbocycles. The number of carbonyl (C=O) groups is 1. The van der Waals surface area contributed by atoms with Crippen molar-refractivity contribution < 1.29 is 9.90 Å². The Hall–Kier alpha value is -2.01. The van der Waals surface area contributed by atoms with Gasteiger partial charge in [0.25, 0.3) is 0 Å². The van der Waals surface area contributed by atoms with Crippen molar-refractivity contribution in [2.75, 3.05) is 26.2 Å². The molecule has 0 bridgehead atoms. The summed E-state index contributed by atoms with van der Waals surface area (Å²) in [6, 6.07) is 8.30. The third-order valence-corrected chi connectivity index (χ3v) is 5.87. The topological polar surface area (TPSA) is 68.4 Å². The van der Waals surface area contributed by atoms with E-state index in [2.05, 4.69) is 36.3 Å². The highest BCUT2D eigenvalue weighted by Crippen LogP contribution is 2.34. The van der Waals surface area contributed by atoms with E-state index in [1.54, 1.807) is 0 Å². The molecule has 1 aliphatic rings. The number of carbonyl (C=O) groups excluding carboxylic acids is 1. The molecule has 1 aromatic carbocycles. The smallest absolute Gasteiger partial charge is 0.317 e. The SMILES string of the molecule is CCC1(CO)CCN(C(=O)NCCc2c(C)[nH]c3ccccc23)CC1. The van der Waals surface area contributed by atoms with Gasteiger partial charge < -0.3 is 20.3 Å². The van der Waals surface area contributed by atoms with Crippen LogP contribution in [-0.2, 0) is 6.42 Å². The quantitative estimate of drug-likeness (QED) is 0.780. The summed E-state index contributed by atoms with van der Waals surface area (Å²) in [6.45, 7) is 6.52. The minimum atomic E-state index is 0.0118. The molecule has 0 unspecified atom stereocenters. The molecule has 2 aromatic rings. The summed E-state index contributed by atoms with van der Waals surface area (Å²) in [5.74, 6) is 0. The van der Waals surface area contributed by atoms with Gasteiger partial charge in [-0.05, 0) is 49.7 Å². The first kappa shape index (κ1) is 17.8. The zero-order chi connectivity index (χ0) is 17.9. The van der Waals surface area contributed by atoms with Crippen LogP contribution in [0, 0.1) is 12.3 Å². The average molecular weight is 343 g/mol. The van der Waals surface area contributed by atoms with Crippen LogP contribution in [0.2, 0.25) is 0 Å². The van der Waals surface area contributed by atoms with Crippen molar-refractivity contribution in [2.45, 2.75) is 39.5 Å². The Morgan fingerprint density at radius 3 is 2.72 bits per heavy atom. The fourth-order valence-corrected chi connectivity index (χ4v) is 3.87. The normalized spacial score (nSPS) is 17.0. The van der Waals surface area contributed by atoms with Crippen LogP contribution >= 0.6 is 0 Å². The Bertz CT molecular complexity index is 724. The molecule has 1 aliphatic heterocycles. The van der Waals surface area contributed by atoms with Crippen LogP contribution in [-0.4, -0.2) is 47.3 Å². The molecule has 5 nitrogen and oxygen atoms in total. The maximum absolute atomic E-state index is 12.4. The summed E-state index contributed by atoms with van der Waals surface area (Å²) in [5.41, 5.74) is 3.61. The molecule has 3 rings (SSSR count). The number of urea groups is 1. The summed E-state index contributed by atoms with van der Waals surface area (Å²) in [6.07, 6.45) is 3.56. The highest BCUT2D eigenvalue weighted by Gasteiger charge is 2.33. The number of aryl methyl sites for hydroxylation is 1. The molecule has 25 heavy (non-hydrogen) atoms. The van der Waals surface area contributed by atoms with E-state index in [0.29, 0.717) is 6.54 Å². The maximum Gasteiger partial charge on any atom is 0.317 e. The van der Waals surface area contributed by atoms with Crippen molar-refractivity contribution in [3.05, 3.63) is 35.5 Å². The van der Waals surface area contributed by atoms with Gasteiger partial charge in [-0.3, -0.25) is 0 Å². The third kappa shape index (κ3) is 3.66. The molecule has 1 fully saturated rings. The van der Waals surface area contributed by atoms with Gasteiger partial charge in [0.1, 0.15) is 0 Å². The number of nitrogens with zero attached hydrogens (tertiary/aromatic N) is 1. The Kier molecular flexibility index (Phi) is 5.33. The molecule has 136 valence electrons. The van der Waals surface area contributed by atoms with Crippen molar-refractivity contribution in [1.29, 1.82) is 0 Å². The lowest BCUT2D eigenvalue weighted by atomic mass is 9.77. The third-order valence-electron chi connectivity index (χ3n) is 5.87. The number of aromatic amines is 1. The predicted octanol–water partition coefficient (Wildman–Crippen LogP) is 3.21. The van der Waals surface area contributed by atoms with E-state index < -0.39 is 0 Å². The number of fused-ring (bicyclic) bond motifs is 1. The standard InChI is InChI=1S/C20H29N3O2/c1-3-20(14-24)9-12-23(13-10-20)19(25)21-11-8-16-15(2)22-18-7-5-4-6-17(16)18/h4-7,22,24H,3,8-14H2,1-2H3,(H,21,25). The summed E-state index contributed by atoms with van der Waals surface area (Å²) in [5, 5.41) is 13.9. The van der Waals surface area contributed by atoms with Crippen LogP contribution < -0.4 is 5.32 Å². The van der Waals surface area contributed by atoms with E-state index in [9.17, 15) is 9.90 Å². The van der Waals surface area contributed by atoms with Gasteiger partial charge in [-0.25, -0.2) is 4.79 Å². The van der Waals surface area contributed by atoms with Crippen LogP contribution in [0.5, 0.6) is 0 Å². The Morgan fingerprint density at radius 2 is 2.04 bits per heavy atom.